The van der Waals surface area contributed by atoms with E-state index in [9.17, 15) is 39.0 Å². The van der Waals surface area contributed by atoms with Crippen LogP contribution < -0.4 is 16.8 Å². The number of carbonyl (C=O) groups is 6. The molecule has 1 unspecified atom stereocenters. The molecule has 8 atom stereocenters. The second-order valence-corrected chi connectivity index (χ2v) is 14.1. The number of aliphatic hydroxyl groups excluding tert-OH is 1. The van der Waals surface area contributed by atoms with Gasteiger partial charge in [0.05, 0.1) is 6.04 Å². The Morgan fingerprint density at radius 3 is 1.79 bits per heavy atom. The van der Waals surface area contributed by atoms with Gasteiger partial charge in [0, 0.05) is 19.8 Å². The summed E-state index contributed by atoms with van der Waals surface area (Å²) in [6.07, 6.45) is 9.85. The number of amides is 3. The first kappa shape index (κ1) is 47.7. The predicted molar refractivity (Wildman–Crippen MR) is 195 cm³/mol. The van der Waals surface area contributed by atoms with Gasteiger partial charge < -0.3 is 51.2 Å². The fourth-order valence-electron chi connectivity index (χ4n) is 6.34. The molecule has 1 saturated heterocycles. The fourth-order valence-corrected chi connectivity index (χ4v) is 6.34. The summed E-state index contributed by atoms with van der Waals surface area (Å²) in [5.74, 6) is -5.70. The van der Waals surface area contributed by atoms with Crippen LogP contribution in [0, 0.1) is 0 Å². The van der Waals surface area contributed by atoms with E-state index in [1.54, 1.807) is 0 Å². The highest BCUT2D eigenvalue weighted by Gasteiger charge is 2.50. The van der Waals surface area contributed by atoms with Crippen molar-refractivity contribution in [2.24, 2.45) is 11.5 Å². The Kier molecular flexibility index (Phi) is 23.8. The molecule has 16 nitrogen and oxygen atoms in total. The smallest absolute Gasteiger partial charge is 0.332 e. The zero-order valence-electron chi connectivity index (χ0n) is 32.2. The quantitative estimate of drug-likeness (QED) is 0.0474. The lowest BCUT2D eigenvalue weighted by Gasteiger charge is -2.48. The minimum Gasteiger partial charge on any atom is -0.481 e. The van der Waals surface area contributed by atoms with Gasteiger partial charge in [0.15, 0.2) is 12.3 Å². The van der Waals surface area contributed by atoms with E-state index in [-0.39, 0.29) is 12.8 Å². The van der Waals surface area contributed by atoms with E-state index < -0.39 is 97.4 Å². The molecule has 0 aliphatic carbocycles. The van der Waals surface area contributed by atoms with Gasteiger partial charge in [-0.25, -0.2) is 4.79 Å². The molecule has 0 bridgehead atoms. The van der Waals surface area contributed by atoms with Crippen LogP contribution in [0.4, 0.5) is 0 Å². The van der Waals surface area contributed by atoms with Gasteiger partial charge in [-0.15, -0.1) is 0 Å². The summed E-state index contributed by atoms with van der Waals surface area (Å²) in [5.41, 5.74) is 11.7. The molecular formula is C37H66N4O12. The number of primary amides is 1. The maximum Gasteiger partial charge on any atom is 0.332 e. The minimum atomic E-state index is -1.59. The van der Waals surface area contributed by atoms with Gasteiger partial charge in [0.2, 0.25) is 17.7 Å². The Morgan fingerprint density at radius 1 is 0.830 bits per heavy atom. The number of nitrogens with one attached hydrogen (secondary N) is 1. The molecule has 0 aromatic heterocycles. The van der Waals surface area contributed by atoms with Crippen LogP contribution in [0.25, 0.3) is 0 Å². The predicted octanol–water partition coefficient (Wildman–Crippen LogP) is 3.13. The third-order valence-electron chi connectivity index (χ3n) is 9.58. The van der Waals surface area contributed by atoms with Crippen molar-refractivity contribution in [3.05, 3.63) is 0 Å². The number of hydrogen-bond acceptors (Lipinski definition) is 11. The molecule has 0 aromatic rings. The molecule has 0 spiro atoms. The van der Waals surface area contributed by atoms with Crippen molar-refractivity contribution in [3.63, 3.8) is 0 Å². The largest absolute Gasteiger partial charge is 0.481 e. The highest BCUT2D eigenvalue weighted by molar-refractivity contribution is 5.91. The van der Waals surface area contributed by atoms with E-state index in [0.29, 0.717) is 6.42 Å². The molecule has 1 aliphatic heterocycles. The van der Waals surface area contributed by atoms with Crippen LogP contribution in [0.15, 0.2) is 0 Å². The van der Waals surface area contributed by atoms with Crippen molar-refractivity contribution in [1.29, 1.82) is 0 Å². The van der Waals surface area contributed by atoms with Crippen molar-refractivity contribution in [3.8, 4) is 0 Å². The molecule has 3 amide bonds. The zero-order valence-corrected chi connectivity index (χ0v) is 32.2. The number of hydrogen-bond donors (Lipinski definition) is 6. The number of carboxylic acids is 2. The van der Waals surface area contributed by atoms with E-state index in [0.717, 1.165) is 31.1 Å². The van der Waals surface area contributed by atoms with Gasteiger partial charge in [-0.2, -0.15) is 0 Å². The topological polar surface area (TPSA) is 258 Å². The Labute approximate surface area is 314 Å². The molecular weight excluding hydrogens is 692 g/mol. The number of nitrogens with zero attached hydrogens (tertiary/aromatic N) is 1. The van der Waals surface area contributed by atoms with Crippen LogP contribution in [-0.4, -0.2) is 111 Å². The van der Waals surface area contributed by atoms with Gasteiger partial charge in [-0.05, 0) is 26.7 Å². The van der Waals surface area contributed by atoms with Gasteiger partial charge >= 0.3 is 17.9 Å². The molecule has 0 saturated carbocycles. The SMILES string of the molecule is CCCCCCCCCCCCCCCCCC(=O)OC[C@H]1OC(N(C(C)=O)[C@@H](C)C(=O)N[C@H](CCC(=O)O)C(N)=O)[C@H](N)[C@@H](O[C@H](C)C(=O)O)[C@@H]1O. The number of rotatable bonds is 29. The first-order valence-electron chi connectivity index (χ1n) is 19.4. The van der Waals surface area contributed by atoms with Crippen molar-refractivity contribution >= 4 is 35.6 Å². The fraction of sp³-hybridized carbons (Fsp3) is 0.838. The van der Waals surface area contributed by atoms with Crippen molar-refractivity contribution in [1.82, 2.24) is 10.2 Å². The van der Waals surface area contributed by atoms with Gasteiger partial charge in [-0.1, -0.05) is 96.8 Å². The Bertz CT molecular complexity index is 1140. The Morgan fingerprint density at radius 2 is 1.34 bits per heavy atom. The van der Waals surface area contributed by atoms with Crippen molar-refractivity contribution in [2.75, 3.05) is 6.61 Å². The van der Waals surface area contributed by atoms with E-state index in [1.807, 2.05) is 0 Å². The second kappa shape index (κ2) is 26.4. The molecule has 1 heterocycles. The van der Waals surface area contributed by atoms with Gasteiger partial charge in [-0.3, -0.25) is 24.0 Å². The molecule has 1 aliphatic rings. The zero-order chi connectivity index (χ0) is 39.9. The van der Waals surface area contributed by atoms with E-state index in [2.05, 4.69) is 12.2 Å². The lowest BCUT2D eigenvalue weighted by Crippen LogP contribution is -2.70. The Balaban J connectivity index is 2.76. The number of carboxylic acid groups (broad SMARTS) is 2. The maximum absolute atomic E-state index is 13.2. The molecule has 1 fully saturated rings. The lowest BCUT2D eigenvalue weighted by atomic mass is 9.94. The monoisotopic (exact) mass is 758 g/mol. The standard InChI is InChI=1S/C37H66N4O12/c1-5-6-7-8-9-10-11-12-13-14-15-16-17-18-19-20-30(45)51-23-28-32(46)33(52-25(3)37(49)50)31(38)36(53-28)41(26(4)42)24(2)35(48)40-27(34(39)47)21-22-29(43)44/h24-25,27-28,31-33,36,46H,5-23,38H2,1-4H3,(H2,39,47)(H,40,48)(H,43,44)(H,49,50)/t24-,25+,27+,28+,31+,32+,33+,36?/m0/s1. The first-order chi connectivity index (χ1) is 25.1. The summed E-state index contributed by atoms with van der Waals surface area (Å²) < 4.78 is 17.0. The van der Waals surface area contributed by atoms with Crippen LogP contribution in [0.3, 0.4) is 0 Å². The molecule has 0 radical (unpaired) electrons. The lowest BCUT2D eigenvalue weighted by molar-refractivity contribution is -0.247. The normalized spacial score (nSPS) is 21.6. The van der Waals surface area contributed by atoms with Crippen molar-refractivity contribution in [2.45, 2.75) is 192 Å². The molecule has 8 N–H and O–H groups in total. The van der Waals surface area contributed by atoms with Crippen LogP contribution in [0.1, 0.15) is 143 Å². The van der Waals surface area contributed by atoms with Gasteiger partial charge in [0.25, 0.3) is 0 Å². The number of nitrogens with two attached hydrogens (primary N) is 2. The average molecular weight is 759 g/mol. The number of aliphatic hydroxyl groups is 1. The summed E-state index contributed by atoms with van der Waals surface area (Å²) >= 11 is 0. The first-order valence-corrected chi connectivity index (χ1v) is 19.4. The van der Waals surface area contributed by atoms with Crippen LogP contribution in [-0.2, 0) is 43.0 Å². The summed E-state index contributed by atoms with van der Waals surface area (Å²) in [4.78, 5) is 74.2. The maximum atomic E-state index is 13.2. The molecule has 1 rings (SSSR count). The summed E-state index contributed by atoms with van der Waals surface area (Å²) in [5, 5.41) is 31.9. The average Bonchev–Trinajstić information content (AvgIpc) is 3.09. The third kappa shape index (κ3) is 18.5. The van der Waals surface area contributed by atoms with E-state index in [4.69, 9.17) is 30.8 Å². The van der Waals surface area contributed by atoms with Gasteiger partial charge in [0.1, 0.15) is 37.0 Å². The van der Waals surface area contributed by atoms with Crippen LogP contribution in [0.2, 0.25) is 0 Å². The highest BCUT2D eigenvalue weighted by Crippen LogP contribution is 2.28. The molecule has 306 valence electrons. The number of aliphatic carboxylic acids is 2. The summed E-state index contributed by atoms with van der Waals surface area (Å²) in [6.45, 7) is 5.39. The highest BCUT2D eigenvalue weighted by atomic mass is 16.6. The van der Waals surface area contributed by atoms with Crippen molar-refractivity contribution < 1.29 is 58.3 Å². The minimum absolute atomic E-state index is 0.139. The van der Waals surface area contributed by atoms with Crippen LogP contribution in [0.5, 0.6) is 0 Å². The third-order valence-corrected chi connectivity index (χ3v) is 9.58. The summed E-state index contributed by atoms with van der Waals surface area (Å²) in [6, 6.07) is -4.13. The van der Waals surface area contributed by atoms with E-state index >= 15 is 0 Å². The summed E-state index contributed by atoms with van der Waals surface area (Å²) in [7, 11) is 0. The van der Waals surface area contributed by atoms with E-state index in [1.165, 1.54) is 84.5 Å². The number of esters is 1. The molecule has 0 aromatic carbocycles. The number of carbonyl (C=O) groups excluding carboxylic acids is 4. The second-order valence-electron chi connectivity index (χ2n) is 14.1. The van der Waals surface area contributed by atoms with Crippen LogP contribution >= 0.6 is 0 Å². The number of ether oxygens (including phenoxy) is 3. The molecule has 53 heavy (non-hydrogen) atoms. The Hall–Kier alpha value is -3.34. The molecule has 16 heteroatoms. The number of unbranched alkanes of at least 4 members (excludes halogenated alkanes) is 14.